The van der Waals surface area contributed by atoms with Crippen LogP contribution in [-0.2, 0) is 4.79 Å². The van der Waals surface area contributed by atoms with Gasteiger partial charge in [0.05, 0.1) is 5.92 Å². The monoisotopic (exact) mass is 248 g/mol. The van der Waals surface area contributed by atoms with Crippen LogP contribution in [0.4, 0.5) is 5.82 Å². The summed E-state index contributed by atoms with van der Waals surface area (Å²) in [5.74, 6) is 0.596. The highest BCUT2D eigenvalue weighted by Gasteiger charge is 2.24. The summed E-state index contributed by atoms with van der Waals surface area (Å²) >= 11 is 0. The topological polar surface area (TPSA) is 85.2 Å². The van der Waals surface area contributed by atoms with Gasteiger partial charge in [-0.2, -0.15) is 0 Å². The van der Waals surface area contributed by atoms with Gasteiger partial charge in [-0.3, -0.25) is 4.79 Å². The summed E-state index contributed by atoms with van der Waals surface area (Å²) in [6, 6.07) is 3.90. The molecule has 2 atom stereocenters. The minimum absolute atomic E-state index is 0.0107. The highest BCUT2D eigenvalue weighted by molar-refractivity contribution is 5.77. The van der Waals surface area contributed by atoms with Crippen LogP contribution >= 0.6 is 0 Å². The first-order valence-electron chi connectivity index (χ1n) is 6.33. The quantitative estimate of drug-likeness (QED) is 0.828. The van der Waals surface area contributed by atoms with Crippen molar-refractivity contribution in [2.45, 2.75) is 25.8 Å². The smallest absolute Gasteiger partial charge is 0.222 e. The minimum Gasteiger partial charge on any atom is -0.369 e. The summed E-state index contributed by atoms with van der Waals surface area (Å²) in [5.41, 5.74) is 12.3. The van der Waals surface area contributed by atoms with Gasteiger partial charge in [0.1, 0.15) is 5.82 Å². The van der Waals surface area contributed by atoms with Crippen LogP contribution in [0.5, 0.6) is 0 Å². The van der Waals surface area contributed by atoms with Crippen molar-refractivity contribution in [2.75, 3.05) is 18.0 Å². The number of anilines is 1. The maximum absolute atomic E-state index is 11.3. The van der Waals surface area contributed by atoms with Gasteiger partial charge in [0.15, 0.2) is 0 Å². The third-order valence-corrected chi connectivity index (χ3v) is 3.44. The van der Waals surface area contributed by atoms with E-state index in [1.54, 1.807) is 6.20 Å². The summed E-state index contributed by atoms with van der Waals surface area (Å²) < 4.78 is 0. The largest absolute Gasteiger partial charge is 0.369 e. The predicted molar refractivity (Wildman–Crippen MR) is 71.0 cm³/mol. The molecule has 0 bridgehead atoms. The molecule has 1 fully saturated rings. The number of hydrogen-bond donors (Lipinski definition) is 2. The molecule has 0 spiro atoms. The number of rotatable bonds is 3. The number of aromatic nitrogens is 1. The number of carbonyl (C=O) groups is 1. The molecule has 4 N–H and O–H groups in total. The number of nitrogens with zero attached hydrogens (tertiary/aromatic N) is 2. The molecule has 1 aliphatic heterocycles. The zero-order chi connectivity index (χ0) is 13.1. The standard InChI is InChI=1S/C13H20N4O/c1-9(14)10-4-5-16-12(7-10)17-6-2-3-11(8-17)13(15)18/h4-5,7,9,11H,2-3,6,8,14H2,1H3,(H2,15,18)/t9-,11?/m0/s1. The maximum atomic E-state index is 11.3. The number of nitrogens with two attached hydrogens (primary N) is 2. The Morgan fingerprint density at radius 3 is 3.06 bits per heavy atom. The molecule has 2 heterocycles. The van der Waals surface area contributed by atoms with Gasteiger partial charge in [0, 0.05) is 25.3 Å². The lowest BCUT2D eigenvalue weighted by molar-refractivity contribution is -0.122. The number of piperidine rings is 1. The van der Waals surface area contributed by atoms with Gasteiger partial charge in [-0.15, -0.1) is 0 Å². The maximum Gasteiger partial charge on any atom is 0.222 e. The molecule has 0 saturated carbocycles. The zero-order valence-electron chi connectivity index (χ0n) is 10.7. The number of carbonyl (C=O) groups excluding carboxylic acids is 1. The Kier molecular flexibility index (Phi) is 3.81. The molecule has 0 aliphatic carbocycles. The van der Waals surface area contributed by atoms with E-state index in [9.17, 15) is 4.79 Å². The SMILES string of the molecule is C[C@H](N)c1ccnc(N2CCCC(C(N)=O)C2)c1. The van der Waals surface area contributed by atoms with Crippen LogP contribution < -0.4 is 16.4 Å². The Morgan fingerprint density at radius 1 is 1.61 bits per heavy atom. The fourth-order valence-corrected chi connectivity index (χ4v) is 2.31. The lowest BCUT2D eigenvalue weighted by atomic mass is 9.97. The molecule has 1 aliphatic rings. The average molecular weight is 248 g/mol. The second-order valence-corrected chi connectivity index (χ2v) is 4.92. The predicted octanol–water partition coefficient (Wildman–Crippen LogP) is 0.803. The van der Waals surface area contributed by atoms with Gasteiger partial charge in [-0.25, -0.2) is 4.98 Å². The van der Waals surface area contributed by atoms with Crippen LogP contribution in [0.1, 0.15) is 31.4 Å². The van der Waals surface area contributed by atoms with E-state index in [1.165, 1.54) is 0 Å². The Labute approximate surface area is 107 Å². The van der Waals surface area contributed by atoms with E-state index in [1.807, 2.05) is 19.1 Å². The van der Waals surface area contributed by atoms with Gasteiger partial charge in [0.2, 0.25) is 5.91 Å². The Morgan fingerprint density at radius 2 is 2.39 bits per heavy atom. The van der Waals surface area contributed by atoms with Gasteiger partial charge < -0.3 is 16.4 Å². The molecule has 0 radical (unpaired) electrons. The van der Waals surface area contributed by atoms with Crippen LogP contribution in [0.15, 0.2) is 18.3 Å². The average Bonchev–Trinajstić information content (AvgIpc) is 2.39. The zero-order valence-corrected chi connectivity index (χ0v) is 10.7. The van der Waals surface area contributed by atoms with E-state index in [-0.39, 0.29) is 17.9 Å². The third-order valence-electron chi connectivity index (χ3n) is 3.44. The fraction of sp³-hybridized carbons (Fsp3) is 0.538. The molecule has 98 valence electrons. The number of primary amides is 1. The van der Waals surface area contributed by atoms with Gasteiger partial charge in [-0.1, -0.05) is 0 Å². The fourth-order valence-electron chi connectivity index (χ4n) is 2.31. The highest BCUT2D eigenvalue weighted by Crippen LogP contribution is 2.23. The number of amides is 1. The first-order chi connectivity index (χ1) is 8.58. The van der Waals surface area contributed by atoms with E-state index in [0.717, 1.165) is 30.8 Å². The van der Waals surface area contributed by atoms with E-state index < -0.39 is 0 Å². The molecule has 5 heteroatoms. The molecular formula is C13H20N4O. The van der Waals surface area contributed by atoms with Crippen LogP contribution in [0.2, 0.25) is 0 Å². The highest BCUT2D eigenvalue weighted by atomic mass is 16.1. The molecule has 0 aromatic carbocycles. The van der Waals surface area contributed by atoms with Crippen molar-refractivity contribution < 1.29 is 4.79 Å². The second-order valence-electron chi connectivity index (χ2n) is 4.92. The van der Waals surface area contributed by atoms with Crippen molar-refractivity contribution in [2.24, 2.45) is 17.4 Å². The van der Waals surface area contributed by atoms with Crippen LogP contribution in [0.25, 0.3) is 0 Å². The molecular weight excluding hydrogens is 228 g/mol. The number of hydrogen-bond acceptors (Lipinski definition) is 4. The molecule has 1 aromatic heterocycles. The molecule has 1 aromatic rings. The van der Waals surface area contributed by atoms with Gasteiger partial charge in [0.25, 0.3) is 0 Å². The Hall–Kier alpha value is -1.62. The van der Waals surface area contributed by atoms with E-state index in [0.29, 0.717) is 6.54 Å². The molecule has 1 amide bonds. The van der Waals surface area contributed by atoms with Gasteiger partial charge >= 0.3 is 0 Å². The van der Waals surface area contributed by atoms with E-state index >= 15 is 0 Å². The minimum atomic E-state index is -0.219. The van der Waals surface area contributed by atoms with Crippen molar-refractivity contribution in [1.82, 2.24) is 4.98 Å². The molecule has 2 rings (SSSR count). The lowest BCUT2D eigenvalue weighted by Gasteiger charge is -2.32. The summed E-state index contributed by atoms with van der Waals surface area (Å²) in [6.07, 6.45) is 3.61. The van der Waals surface area contributed by atoms with Gasteiger partial charge in [-0.05, 0) is 37.5 Å². The van der Waals surface area contributed by atoms with Crippen LogP contribution in [-0.4, -0.2) is 24.0 Å². The number of pyridine rings is 1. The molecule has 1 unspecified atom stereocenters. The first-order valence-corrected chi connectivity index (χ1v) is 6.33. The van der Waals surface area contributed by atoms with E-state index in [2.05, 4.69) is 9.88 Å². The van der Waals surface area contributed by atoms with Crippen molar-refractivity contribution in [3.8, 4) is 0 Å². The first kappa shape index (κ1) is 12.8. The second kappa shape index (κ2) is 5.35. The van der Waals surface area contributed by atoms with E-state index in [4.69, 9.17) is 11.5 Å². The Balaban J connectivity index is 2.15. The Bertz CT molecular complexity index is 433. The summed E-state index contributed by atoms with van der Waals surface area (Å²) in [4.78, 5) is 17.7. The normalized spacial score (nSPS) is 21.7. The molecule has 5 nitrogen and oxygen atoms in total. The van der Waals surface area contributed by atoms with Crippen molar-refractivity contribution >= 4 is 11.7 Å². The summed E-state index contributed by atoms with van der Waals surface area (Å²) in [5, 5.41) is 0. The van der Waals surface area contributed by atoms with Crippen molar-refractivity contribution in [1.29, 1.82) is 0 Å². The van der Waals surface area contributed by atoms with Crippen molar-refractivity contribution in [3.63, 3.8) is 0 Å². The van der Waals surface area contributed by atoms with Crippen LogP contribution in [0, 0.1) is 5.92 Å². The summed E-state index contributed by atoms with van der Waals surface area (Å²) in [6.45, 7) is 3.52. The molecule has 1 saturated heterocycles. The third kappa shape index (κ3) is 2.79. The lowest BCUT2D eigenvalue weighted by Crippen LogP contribution is -2.41. The molecule has 18 heavy (non-hydrogen) atoms. The van der Waals surface area contributed by atoms with Crippen molar-refractivity contribution in [3.05, 3.63) is 23.9 Å². The summed E-state index contributed by atoms with van der Waals surface area (Å²) in [7, 11) is 0. The van der Waals surface area contributed by atoms with Crippen LogP contribution in [0.3, 0.4) is 0 Å².